The molecule has 0 aromatic heterocycles. The summed E-state index contributed by atoms with van der Waals surface area (Å²) in [6, 6.07) is 20.4. The zero-order valence-corrected chi connectivity index (χ0v) is 17.2. The summed E-state index contributed by atoms with van der Waals surface area (Å²) in [6.45, 7) is 0.557. The van der Waals surface area contributed by atoms with Crippen LogP contribution in [0.15, 0.2) is 72.9 Å². The number of benzene rings is 3. The smallest absolute Gasteiger partial charge is 0.162 e. The third-order valence-electron chi connectivity index (χ3n) is 5.43. The first-order valence-electron chi connectivity index (χ1n) is 9.89. The van der Waals surface area contributed by atoms with E-state index in [1.807, 2.05) is 42.5 Å². The Labute approximate surface area is 179 Å². The summed E-state index contributed by atoms with van der Waals surface area (Å²) in [5.74, 6) is 1.00. The molecule has 2 aliphatic heterocycles. The van der Waals surface area contributed by atoms with Crippen molar-refractivity contribution in [3.63, 3.8) is 0 Å². The molecular weight excluding hydrogens is 393 g/mol. The highest BCUT2D eigenvalue weighted by molar-refractivity contribution is 5.99. The number of rotatable bonds is 5. The van der Waals surface area contributed by atoms with E-state index in [2.05, 4.69) is 21.0 Å². The quantitative estimate of drug-likeness (QED) is 0.387. The number of methoxy groups -OCH3 is 2. The average Bonchev–Trinajstić information content (AvgIpc) is 3.24. The predicted molar refractivity (Wildman–Crippen MR) is 118 cm³/mol. The lowest BCUT2D eigenvalue weighted by Gasteiger charge is -2.17. The maximum atomic E-state index is 13.4. The molecule has 0 aliphatic carbocycles. The topological polar surface area (TPSA) is 49.2 Å². The van der Waals surface area contributed by atoms with Gasteiger partial charge in [-0.15, -0.1) is 10.2 Å². The molecule has 0 saturated carbocycles. The largest absolute Gasteiger partial charge is 0.493 e. The summed E-state index contributed by atoms with van der Waals surface area (Å²) < 4.78 is 26.6. The van der Waals surface area contributed by atoms with Gasteiger partial charge in [-0.3, -0.25) is 0 Å². The van der Waals surface area contributed by atoms with Gasteiger partial charge >= 0.3 is 0 Å². The molecule has 0 unspecified atom stereocenters. The second-order valence-corrected chi connectivity index (χ2v) is 7.28. The molecule has 3 aromatic carbocycles. The molecule has 5 rings (SSSR count). The SMILES string of the molecule is COc1cc2c3nnc(-c4ccccc4)c-3cn(Cc3ccc(F)cc3)c2cc1OC. The lowest BCUT2D eigenvalue weighted by atomic mass is 10.0. The molecule has 5 nitrogen and oxygen atoms in total. The highest BCUT2D eigenvalue weighted by atomic mass is 19.1. The van der Waals surface area contributed by atoms with E-state index < -0.39 is 0 Å². The monoisotopic (exact) mass is 413 g/mol. The Morgan fingerprint density at radius 1 is 0.839 bits per heavy atom. The zero-order chi connectivity index (χ0) is 21.4. The van der Waals surface area contributed by atoms with Gasteiger partial charge in [0.05, 0.1) is 19.7 Å². The molecule has 0 N–H and O–H groups in total. The summed E-state index contributed by atoms with van der Waals surface area (Å²) >= 11 is 0. The standard InChI is InChI=1S/C25H20FN3O2/c1-30-22-12-19-21(13-23(22)31-2)29(14-16-8-10-18(26)11-9-16)15-20-24(27-28-25(19)20)17-6-4-3-5-7-17/h3-13,15H,14H2,1-2H3. The Morgan fingerprint density at radius 3 is 2.23 bits per heavy atom. The molecule has 0 fully saturated rings. The van der Waals surface area contributed by atoms with E-state index in [0.29, 0.717) is 18.0 Å². The second kappa shape index (κ2) is 7.72. The summed E-state index contributed by atoms with van der Waals surface area (Å²) in [7, 11) is 3.23. The Morgan fingerprint density at radius 2 is 1.52 bits per heavy atom. The number of pyridine rings is 1. The van der Waals surface area contributed by atoms with E-state index in [1.165, 1.54) is 12.1 Å². The highest BCUT2D eigenvalue weighted by Gasteiger charge is 2.22. The van der Waals surface area contributed by atoms with Crippen molar-refractivity contribution in [3.05, 3.63) is 84.3 Å². The minimum atomic E-state index is -0.253. The number of nitrogens with zero attached hydrogens (tertiary/aromatic N) is 3. The minimum absolute atomic E-state index is 0.253. The highest BCUT2D eigenvalue weighted by Crippen LogP contribution is 2.40. The van der Waals surface area contributed by atoms with Gasteiger partial charge in [-0.2, -0.15) is 0 Å². The van der Waals surface area contributed by atoms with Crippen molar-refractivity contribution in [1.82, 2.24) is 14.8 Å². The van der Waals surface area contributed by atoms with Gasteiger partial charge in [0.2, 0.25) is 0 Å². The molecule has 2 aliphatic rings. The van der Waals surface area contributed by atoms with Crippen molar-refractivity contribution in [2.75, 3.05) is 14.2 Å². The van der Waals surface area contributed by atoms with Gasteiger partial charge in [0.15, 0.2) is 11.5 Å². The third kappa shape index (κ3) is 3.36. The Kier molecular flexibility index (Phi) is 4.75. The summed E-state index contributed by atoms with van der Waals surface area (Å²) in [5.41, 5.74) is 5.46. The normalized spacial score (nSPS) is 11.2. The van der Waals surface area contributed by atoms with Crippen LogP contribution in [0.3, 0.4) is 0 Å². The summed E-state index contributed by atoms with van der Waals surface area (Å²) in [5, 5.41) is 9.90. The van der Waals surface area contributed by atoms with Crippen molar-refractivity contribution in [1.29, 1.82) is 0 Å². The van der Waals surface area contributed by atoms with Crippen LogP contribution in [0.25, 0.3) is 33.4 Å². The average molecular weight is 413 g/mol. The lowest BCUT2D eigenvalue weighted by Crippen LogP contribution is -2.05. The van der Waals surface area contributed by atoms with E-state index in [-0.39, 0.29) is 5.82 Å². The van der Waals surface area contributed by atoms with E-state index in [9.17, 15) is 4.39 Å². The first-order valence-corrected chi connectivity index (χ1v) is 9.89. The van der Waals surface area contributed by atoms with E-state index >= 15 is 0 Å². The van der Waals surface area contributed by atoms with Crippen molar-refractivity contribution in [2.45, 2.75) is 6.54 Å². The summed E-state index contributed by atoms with van der Waals surface area (Å²) in [6.07, 6.45) is 2.05. The lowest BCUT2D eigenvalue weighted by molar-refractivity contribution is 0.355. The van der Waals surface area contributed by atoms with Crippen LogP contribution < -0.4 is 9.47 Å². The molecule has 154 valence electrons. The van der Waals surface area contributed by atoms with Crippen molar-refractivity contribution < 1.29 is 13.9 Å². The van der Waals surface area contributed by atoms with Crippen molar-refractivity contribution in [3.8, 4) is 34.0 Å². The fourth-order valence-electron chi connectivity index (χ4n) is 3.89. The number of hydrogen-bond acceptors (Lipinski definition) is 4. The van der Waals surface area contributed by atoms with Gasteiger partial charge < -0.3 is 14.0 Å². The molecular formula is C25H20FN3O2. The van der Waals surface area contributed by atoms with Crippen molar-refractivity contribution >= 4 is 10.9 Å². The molecule has 31 heavy (non-hydrogen) atoms. The van der Waals surface area contributed by atoms with Gasteiger partial charge in [0, 0.05) is 35.3 Å². The number of hydrogen-bond donors (Lipinski definition) is 0. The van der Waals surface area contributed by atoms with Crippen LogP contribution in [0.1, 0.15) is 5.56 Å². The molecule has 3 aromatic rings. The molecule has 0 atom stereocenters. The molecule has 0 bridgehead atoms. The number of fused-ring (bicyclic) bond motifs is 3. The van der Waals surface area contributed by atoms with Gasteiger partial charge in [-0.05, 0) is 23.8 Å². The number of ether oxygens (including phenoxy) is 2. The zero-order valence-electron chi connectivity index (χ0n) is 17.2. The van der Waals surface area contributed by atoms with Gasteiger partial charge in [-0.25, -0.2) is 4.39 Å². The Hall–Kier alpha value is -3.93. The fourth-order valence-corrected chi connectivity index (χ4v) is 3.89. The van der Waals surface area contributed by atoms with Crippen LogP contribution in [0.2, 0.25) is 0 Å². The molecule has 0 radical (unpaired) electrons. The van der Waals surface area contributed by atoms with Crippen LogP contribution in [-0.4, -0.2) is 29.0 Å². The van der Waals surface area contributed by atoms with Gasteiger partial charge in [-0.1, -0.05) is 42.5 Å². The van der Waals surface area contributed by atoms with Crippen LogP contribution in [0, 0.1) is 5.82 Å². The predicted octanol–water partition coefficient (Wildman–Crippen LogP) is 5.41. The van der Waals surface area contributed by atoms with E-state index in [1.54, 1.807) is 26.4 Å². The van der Waals surface area contributed by atoms with Gasteiger partial charge in [0.1, 0.15) is 17.2 Å². The first kappa shape index (κ1) is 19.1. The number of aromatic nitrogens is 3. The number of halogens is 1. The maximum absolute atomic E-state index is 13.4. The van der Waals surface area contributed by atoms with Crippen molar-refractivity contribution in [2.24, 2.45) is 0 Å². The minimum Gasteiger partial charge on any atom is -0.493 e. The van der Waals surface area contributed by atoms with Crippen LogP contribution in [0.5, 0.6) is 11.5 Å². The van der Waals surface area contributed by atoms with Crippen LogP contribution >= 0.6 is 0 Å². The summed E-state index contributed by atoms with van der Waals surface area (Å²) in [4.78, 5) is 0. The third-order valence-corrected chi connectivity index (χ3v) is 5.43. The second-order valence-electron chi connectivity index (χ2n) is 7.28. The molecule has 0 saturated heterocycles. The van der Waals surface area contributed by atoms with Crippen LogP contribution in [0.4, 0.5) is 4.39 Å². The molecule has 0 spiro atoms. The molecule has 0 amide bonds. The molecule has 2 heterocycles. The Balaban J connectivity index is 1.77. The van der Waals surface area contributed by atoms with E-state index in [0.717, 1.165) is 39.0 Å². The molecule has 6 heteroatoms. The maximum Gasteiger partial charge on any atom is 0.162 e. The fraction of sp³-hybridized carbons (Fsp3) is 0.120. The van der Waals surface area contributed by atoms with Crippen LogP contribution in [-0.2, 0) is 6.54 Å². The van der Waals surface area contributed by atoms with Gasteiger partial charge in [0.25, 0.3) is 0 Å². The first-order chi connectivity index (χ1) is 15.2. The van der Waals surface area contributed by atoms with E-state index in [4.69, 9.17) is 9.47 Å². The Bertz CT molecular complexity index is 1330.